The van der Waals surface area contributed by atoms with Gasteiger partial charge in [0, 0.05) is 24.2 Å². The third-order valence-electron chi connectivity index (χ3n) is 3.53. The molecule has 1 aliphatic rings. The van der Waals surface area contributed by atoms with E-state index in [-0.39, 0.29) is 11.7 Å². The summed E-state index contributed by atoms with van der Waals surface area (Å²) in [5, 5.41) is 0. The van der Waals surface area contributed by atoms with Gasteiger partial charge in [0.1, 0.15) is 5.76 Å². The fourth-order valence-electron chi connectivity index (χ4n) is 2.48. The number of likely N-dealkylation sites (tertiary alicyclic amines) is 1. The predicted octanol–water partition coefficient (Wildman–Crippen LogP) is 3.00. The van der Waals surface area contributed by atoms with Gasteiger partial charge in [0.15, 0.2) is 12.0 Å². The first kappa shape index (κ1) is 12.7. The Bertz CT molecular complexity index is 639. The fraction of sp³-hybridized carbons (Fsp3) is 0.250. The molecule has 4 nitrogen and oxygen atoms in total. The number of aldehydes is 1. The number of amides is 1. The van der Waals surface area contributed by atoms with Crippen molar-refractivity contribution in [2.24, 2.45) is 0 Å². The molecule has 1 amide bonds. The zero-order valence-corrected chi connectivity index (χ0v) is 11.0. The number of furan rings is 1. The van der Waals surface area contributed by atoms with Gasteiger partial charge < -0.3 is 9.32 Å². The maximum Gasteiger partial charge on any atom is 0.253 e. The molecule has 1 aliphatic heterocycles. The summed E-state index contributed by atoms with van der Waals surface area (Å²) in [7, 11) is 0. The Kier molecular flexibility index (Phi) is 3.37. The van der Waals surface area contributed by atoms with Gasteiger partial charge in [0.2, 0.25) is 0 Å². The first-order valence-corrected chi connectivity index (χ1v) is 6.72. The summed E-state index contributed by atoms with van der Waals surface area (Å²) in [4.78, 5) is 24.8. The summed E-state index contributed by atoms with van der Waals surface area (Å²) in [6.07, 6.45) is 2.82. The van der Waals surface area contributed by atoms with Gasteiger partial charge in [0.05, 0.1) is 0 Å². The van der Waals surface area contributed by atoms with Crippen LogP contribution in [0.2, 0.25) is 0 Å². The fourth-order valence-corrected chi connectivity index (χ4v) is 2.48. The summed E-state index contributed by atoms with van der Waals surface area (Å²) in [6.45, 7) is 1.66. The van der Waals surface area contributed by atoms with E-state index in [4.69, 9.17) is 4.42 Å². The van der Waals surface area contributed by atoms with E-state index in [0.29, 0.717) is 17.6 Å². The van der Waals surface area contributed by atoms with Crippen LogP contribution in [-0.4, -0.2) is 30.2 Å². The van der Waals surface area contributed by atoms with Gasteiger partial charge in [-0.05, 0) is 37.1 Å². The number of rotatable bonds is 3. The van der Waals surface area contributed by atoms with Gasteiger partial charge in [-0.3, -0.25) is 9.59 Å². The molecule has 1 aromatic carbocycles. The second-order valence-corrected chi connectivity index (χ2v) is 4.90. The molecule has 4 heteroatoms. The molecule has 0 radical (unpaired) electrons. The van der Waals surface area contributed by atoms with Crippen molar-refractivity contribution in [3.05, 3.63) is 47.7 Å². The minimum Gasteiger partial charge on any atom is -0.453 e. The lowest BCUT2D eigenvalue weighted by Crippen LogP contribution is -2.27. The summed E-state index contributed by atoms with van der Waals surface area (Å²) in [5.41, 5.74) is 1.47. The lowest BCUT2D eigenvalue weighted by Gasteiger charge is -2.15. The summed E-state index contributed by atoms with van der Waals surface area (Å²) in [5.74, 6) is 0.950. The van der Waals surface area contributed by atoms with Crippen molar-refractivity contribution in [2.75, 3.05) is 13.1 Å². The summed E-state index contributed by atoms with van der Waals surface area (Å²) in [6, 6.07) is 10.7. The number of hydrogen-bond acceptors (Lipinski definition) is 3. The second kappa shape index (κ2) is 5.33. The van der Waals surface area contributed by atoms with Gasteiger partial charge in [-0.1, -0.05) is 12.1 Å². The van der Waals surface area contributed by atoms with Crippen LogP contribution in [0.1, 0.15) is 33.8 Å². The number of carbonyl (C=O) groups is 2. The second-order valence-electron chi connectivity index (χ2n) is 4.90. The van der Waals surface area contributed by atoms with Crippen LogP contribution in [0.15, 0.2) is 40.8 Å². The van der Waals surface area contributed by atoms with Gasteiger partial charge in [0.25, 0.3) is 5.91 Å². The first-order valence-electron chi connectivity index (χ1n) is 6.72. The molecule has 20 heavy (non-hydrogen) atoms. The average molecular weight is 269 g/mol. The van der Waals surface area contributed by atoms with Crippen LogP contribution < -0.4 is 0 Å². The molecule has 102 valence electrons. The van der Waals surface area contributed by atoms with Crippen LogP contribution in [0.25, 0.3) is 11.3 Å². The maximum atomic E-state index is 12.3. The SMILES string of the molecule is O=Cc1ccc(-c2cccc(C(=O)N3CCCC3)c2)o1. The molecule has 1 aromatic heterocycles. The number of carbonyl (C=O) groups excluding carboxylic acids is 2. The molecule has 3 rings (SSSR count). The van der Waals surface area contributed by atoms with E-state index in [9.17, 15) is 9.59 Å². The van der Waals surface area contributed by atoms with Gasteiger partial charge >= 0.3 is 0 Å². The van der Waals surface area contributed by atoms with Gasteiger partial charge in [-0.25, -0.2) is 0 Å². The van der Waals surface area contributed by atoms with Crippen molar-refractivity contribution in [3.63, 3.8) is 0 Å². The Morgan fingerprint density at radius 3 is 2.65 bits per heavy atom. The third kappa shape index (κ3) is 2.37. The Morgan fingerprint density at radius 1 is 1.15 bits per heavy atom. The van der Waals surface area contributed by atoms with Crippen molar-refractivity contribution in [2.45, 2.75) is 12.8 Å². The molecular weight excluding hydrogens is 254 g/mol. The van der Waals surface area contributed by atoms with E-state index < -0.39 is 0 Å². The van der Waals surface area contributed by atoms with Crippen molar-refractivity contribution >= 4 is 12.2 Å². The zero-order valence-electron chi connectivity index (χ0n) is 11.0. The molecule has 0 unspecified atom stereocenters. The molecule has 2 heterocycles. The van der Waals surface area contributed by atoms with E-state index in [2.05, 4.69) is 0 Å². The van der Waals surface area contributed by atoms with Crippen LogP contribution in [0.5, 0.6) is 0 Å². The zero-order chi connectivity index (χ0) is 13.9. The highest BCUT2D eigenvalue weighted by Gasteiger charge is 2.19. The van der Waals surface area contributed by atoms with Gasteiger partial charge in [-0.2, -0.15) is 0 Å². The number of benzene rings is 1. The smallest absolute Gasteiger partial charge is 0.253 e. The lowest BCUT2D eigenvalue weighted by atomic mass is 10.1. The largest absolute Gasteiger partial charge is 0.453 e. The number of hydrogen-bond donors (Lipinski definition) is 0. The van der Waals surface area contributed by atoms with Crippen molar-refractivity contribution in [1.82, 2.24) is 4.90 Å². The van der Waals surface area contributed by atoms with Crippen LogP contribution in [0, 0.1) is 0 Å². The Labute approximate surface area is 117 Å². The van der Waals surface area contributed by atoms with Crippen LogP contribution in [-0.2, 0) is 0 Å². The van der Waals surface area contributed by atoms with Crippen molar-refractivity contribution in [3.8, 4) is 11.3 Å². The third-order valence-corrected chi connectivity index (χ3v) is 3.53. The van der Waals surface area contributed by atoms with E-state index >= 15 is 0 Å². The first-order chi connectivity index (χ1) is 9.78. The Hall–Kier alpha value is -2.36. The quantitative estimate of drug-likeness (QED) is 0.805. The molecule has 0 bridgehead atoms. The van der Waals surface area contributed by atoms with Crippen molar-refractivity contribution < 1.29 is 14.0 Å². The average Bonchev–Trinajstić information content (AvgIpc) is 3.17. The molecule has 1 fully saturated rings. The molecule has 0 aliphatic carbocycles. The monoisotopic (exact) mass is 269 g/mol. The van der Waals surface area contributed by atoms with E-state index in [1.807, 2.05) is 29.2 Å². The normalized spacial score (nSPS) is 14.5. The molecule has 0 N–H and O–H groups in total. The van der Waals surface area contributed by atoms with E-state index in [0.717, 1.165) is 31.5 Å². The molecule has 1 saturated heterocycles. The Balaban J connectivity index is 1.88. The highest BCUT2D eigenvalue weighted by atomic mass is 16.3. The molecule has 0 atom stereocenters. The predicted molar refractivity (Wildman–Crippen MR) is 74.7 cm³/mol. The molecule has 0 spiro atoms. The van der Waals surface area contributed by atoms with E-state index in [1.54, 1.807) is 12.1 Å². The van der Waals surface area contributed by atoms with Crippen LogP contribution in [0.3, 0.4) is 0 Å². The van der Waals surface area contributed by atoms with Crippen molar-refractivity contribution in [1.29, 1.82) is 0 Å². The molecular formula is C16H15NO3. The highest BCUT2D eigenvalue weighted by Crippen LogP contribution is 2.23. The Morgan fingerprint density at radius 2 is 1.95 bits per heavy atom. The lowest BCUT2D eigenvalue weighted by molar-refractivity contribution is 0.0792. The summed E-state index contributed by atoms with van der Waals surface area (Å²) < 4.78 is 5.39. The molecule has 0 saturated carbocycles. The summed E-state index contributed by atoms with van der Waals surface area (Å²) >= 11 is 0. The van der Waals surface area contributed by atoms with Crippen LogP contribution >= 0.6 is 0 Å². The van der Waals surface area contributed by atoms with E-state index in [1.165, 1.54) is 0 Å². The minimum absolute atomic E-state index is 0.0616. The van der Waals surface area contributed by atoms with Crippen LogP contribution in [0.4, 0.5) is 0 Å². The highest BCUT2D eigenvalue weighted by molar-refractivity contribution is 5.95. The topological polar surface area (TPSA) is 50.5 Å². The van der Waals surface area contributed by atoms with Gasteiger partial charge in [-0.15, -0.1) is 0 Å². The standard InChI is InChI=1S/C16H15NO3/c18-11-14-6-7-15(20-14)12-4-3-5-13(10-12)16(19)17-8-1-2-9-17/h3-7,10-11H,1-2,8-9H2. The number of nitrogens with zero attached hydrogens (tertiary/aromatic N) is 1. The molecule has 2 aromatic rings. The maximum absolute atomic E-state index is 12.3. The minimum atomic E-state index is 0.0616.